The van der Waals surface area contributed by atoms with E-state index in [9.17, 15) is 8.42 Å². The topological polar surface area (TPSA) is 61.2 Å². The summed E-state index contributed by atoms with van der Waals surface area (Å²) in [7, 11) is -2.04. The number of aryl methyl sites for hydroxylation is 1. The van der Waals surface area contributed by atoms with Crippen molar-refractivity contribution in [1.29, 1.82) is 0 Å². The van der Waals surface area contributed by atoms with E-state index in [1.807, 2.05) is 31.2 Å². The summed E-state index contributed by atoms with van der Waals surface area (Å²) in [6, 6.07) is 14.0. The summed E-state index contributed by atoms with van der Waals surface area (Å²) in [4.78, 5) is 4.29. The van der Waals surface area contributed by atoms with Crippen molar-refractivity contribution >= 4 is 9.84 Å². The van der Waals surface area contributed by atoms with Gasteiger partial charge in [-0.25, -0.2) is 13.4 Å². The Labute approximate surface area is 135 Å². The molecule has 0 spiro atoms. The number of nitrogens with zero attached hydrogens (tertiary/aromatic N) is 2. The number of aromatic nitrogens is 2. The highest BCUT2D eigenvalue weighted by molar-refractivity contribution is 7.91. The molecule has 0 aliphatic heterocycles. The standard InChI is InChI=1S/C17H16N2O3S/c1-13-6-8-16(9-7-13)23(20,21)17-11-19(12-18-17)14-4-3-5-15(10-14)22-2/h3-12H,1-2H3. The van der Waals surface area contributed by atoms with Crippen molar-refractivity contribution in [3.63, 3.8) is 0 Å². The summed E-state index contributed by atoms with van der Waals surface area (Å²) in [6.07, 6.45) is 2.99. The minimum atomic E-state index is -3.62. The summed E-state index contributed by atoms with van der Waals surface area (Å²) < 4.78 is 32.1. The van der Waals surface area contributed by atoms with Crippen LogP contribution in [0.25, 0.3) is 5.69 Å². The number of hydrogen-bond donors (Lipinski definition) is 0. The van der Waals surface area contributed by atoms with Gasteiger partial charge >= 0.3 is 0 Å². The summed E-state index contributed by atoms with van der Waals surface area (Å²) in [6.45, 7) is 1.91. The van der Waals surface area contributed by atoms with Crippen molar-refractivity contribution in [2.75, 3.05) is 7.11 Å². The summed E-state index contributed by atoms with van der Waals surface area (Å²) >= 11 is 0. The van der Waals surface area contributed by atoms with Gasteiger partial charge in [0.05, 0.1) is 17.7 Å². The predicted octanol–water partition coefficient (Wildman–Crippen LogP) is 3.02. The largest absolute Gasteiger partial charge is 0.497 e. The Bertz CT molecular complexity index is 928. The van der Waals surface area contributed by atoms with Gasteiger partial charge in [0, 0.05) is 12.3 Å². The van der Waals surface area contributed by atoms with Crippen LogP contribution in [0.1, 0.15) is 5.56 Å². The fourth-order valence-electron chi connectivity index (χ4n) is 2.19. The van der Waals surface area contributed by atoms with E-state index in [1.54, 1.807) is 35.9 Å². The van der Waals surface area contributed by atoms with Gasteiger partial charge in [-0.2, -0.15) is 0 Å². The third-order valence-electron chi connectivity index (χ3n) is 3.52. The van der Waals surface area contributed by atoms with E-state index in [-0.39, 0.29) is 9.92 Å². The molecule has 2 aromatic carbocycles. The van der Waals surface area contributed by atoms with Crippen molar-refractivity contribution in [1.82, 2.24) is 9.55 Å². The lowest BCUT2D eigenvalue weighted by Crippen LogP contribution is -2.02. The number of methoxy groups -OCH3 is 1. The second-order valence-electron chi connectivity index (χ2n) is 5.14. The summed E-state index contributed by atoms with van der Waals surface area (Å²) in [5.74, 6) is 0.694. The first-order valence-corrected chi connectivity index (χ1v) is 8.49. The van der Waals surface area contributed by atoms with Crippen LogP contribution in [0.5, 0.6) is 5.75 Å². The number of imidazole rings is 1. The van der Waals surface area contributed by atoms with Crippen LogP contribution in [0.3, 0.4) is 0 Å². The molecule has 0 bridgehead atoms. The molecule has 3 rings (SSSR count). The Morgan fingerprint density at radius 2 is 1.83 bits per heavy atom. The molecule has 0 aliphatic carbocycles. The van der Waals surface area contributed by atoms with Crippen LogP contribution in [-0.2, 0) is 9.84 Å². The molecular weight excluding hydrogens is 312 g/mol. The van der Waals surface area contributed by atoms with Crippen LogP contribution < -0.4 is 4.74 Å². The average Bonchev–Trinajstić information content (AvgIpc) is 3.06. The van der Waals surface area contributed by atoms with Crippen LogP contribution in [0.15, 0.2) is 71.0 Å². The highest BCUT2D eigenvalue weighted by atomic mass is 32.2. The van der Waals surface area contributed by atoms with Crippen molar-refractivity contribution < 1.29 is 13.2 Å². The zero-order chi connectivity index (χ0) is 16.4. The maximum atomic E-state index is 12.6. The molecule has 23 heavy (non-hydrogen) atoms. The average molecular weight is 328 g/mol. The maximum Gasteiger partial charge on any atom is 0.225 e. The molecule has 1 aromatic heterocycles. The van der Waals surface area contributed by atoms with Crippen molar-refractivity contribution in [3.05, 3.63) is 66.6 Å². The molecule has 0 saturated heterocycles. The monoisotopic (exact) mass is 328 g/mol. The Morgan fingerprint density at radius 1 is 1.09 bits per heavy atom. The van der Waals surface area contributed by atoms with Crippen LogP contribution in [0, 0.1) is 6.92 Å². The lowest BCUT2D eigenvalue weighted by Gasteiger charge is -2.04. The summed E-state index contributed by atoms with van der Waals surface area (Å²) in [5.41, 5.74) is 1.79. The van der Waals surface area contributed by atoms with Gasteiger partial charge in [0.1, 0.15) is 12.1 Å². The fourth-order valence-corrected chi connectivity index (χ4v) is 3.37. The fraction of sp³-hybridized carbons (Fsp3) is 0.118. The first-order valence-electron chi connectivity index (χ1n) is 7.01. The van der Waals surface area contributed by atoms with Gasteiger partial charge in [0.2, 0.25) is 9.84 Å². The van der Waals surface area contributed by atoms with Crippen LogP contribution >= 0.6 is 0 Å². The molecular formula is C17H16N2O3S. The van der Waals surface area contributed by atoms with Gasteiger partial charge in [0.15, 0.2) is 5.03 Å². The third-order valence-corrected chi connectivity index (χ3v) is 5.17. The van der Waals surface area contributed by atoms with Gasteiger partial charge in [-0.05, 0) is 31.2 Å². The molecule has 0 atom stereocenters. The van der Waals surface area contributed by atoms with E-state index in [1.165, 1.54) is 12.5 Å². The smallest absolute Gasteiger partial charge is 0.225 e. The second-order valence-corrected chi connectivity index (χ2v) is 7.03. The Hall–Kier alpha value is -2.60. The quantitative estimate of drug-likeness (QED) is 0.738. The molecule has 3 aromatic rings. The van der Waals surface area contributed by atoms with Crippen LogP contribution in [-0.4, -0.2) is 25.1 Å². The van der Waals surface area contributed by atoms with Crippen molar-refractivity contribution in [2.45, 2.75) is 16.8 Å². The first-order chi connectivity index (χ1) is 11.0. The van der Waals surface area contributed by atoms with E-state index >= 15 is 0 Å². The Balaban J connectivity index is 1.99. The molecule has 0 unspecified atom stereocenters. The molecule has 0 aliphatic rings. The number of benzene rings is 2. The number of hydrogen-bond acceptors (Lipinski definition) is 4. The predicted molar refractivity (Wildman–Crippen MR) is 86.7 cm³/mol. The van der Waals surface area contributed by atoms with Gasteiger partial charge in [-0.1, -0.05) is 23.8 Å². The second kappa shape index (κ2) is 5.89. The molecule has 0 amide bonds. The van der Waals surface area contributed by atoms with Gasteiger partial charge in [-0.15, -0.1) is 0 Å². The SMILES string of the molecule is COc1cccc(-n2cnc(S(=O)(=O)c3ccc(C)cc3)c2)c1. The number of sulfone groups is 1. The highest BCUT2D eigenvalue weighted by Crippen LogP contribution is 2.22. The Morgan fingerprint density at radius 3 is 2.52 bits per heavy atom. The first kappa shape index (κ1) is 15.3. The zero-order valence-corrected chi connectivity index (χ0v) is 13.6. The van der Waals surface area contributed by atoms with E-state index in [0.717, 1.165) is 11.3 Å². The molecule has 1 heterocycles. The molecule has 0 N–H and O–H groups in total. The van der Waals surface area contributed by atoms with Gasteiger partial charge < -0.3 is 9.30 Å². The number of rotatable bonds is 4. The van der Waals surface area contributed by atoms with E-state index in [2.05, 4.69) is 4.98 Å². The molecule has 0 radical (unpaired) electrons. The van der Waals surface area contributed by atoms with Crippen molar-refractivity contribution in [3.8, 4) is 11.4 Å². The summed E-state index contributed by atoms with van der Waals surface area (Å²) in [5, 5.41) is 0.0178. The lowest BCUT2D eigenvalue weighted by molar-refractivity contribution is 0.414. The Kier molecular flexibility index (Phi) is 3.92. The molecule has 5 nitrogen and oxygen atoms in total. The minimum absolute atomic E-state index is 0.0178. The zero-order valence-electron chi connectivity index (χ0n) is 12.8. The van der Waals surface area contributed by atoms with Gasteiger partial charge in [0.25, 0.3) is 0 Å². The molecule has 0 saturated carbocycles. The number of ether oxygens (including phenoxy) is 1. The maximum absolute atomic E-state index is 12.6. The minimum Gasteiger partial charge on any atom is -0.497 e. The molecule has 118 valence electrons. The normalized spacial score (nSPS) is 11.4. The van der Waals surface area contributed by atoms with Gasteiger partial charge in [-0.3, -0.25) is 0 Å². The molecule has 0 fully saturated rings. The lowest BCUT2D eigenvalue weighted by atomic mass is 10.2. The van der Waals surface area contributed by atoms with E-state index in [4.69, 9.17) is 4.74 Å². The molecule has 6 heteroatoms. The van der Waals surface area contributed by atoms with E-state index < -0.39 is 9.84 Å². The van der Waals surface area contributed by atoms with Crippen LogP contribution in [0.4, 0.5) is 0 Å². The van der Waals surface area contributed by atoms with E-state index in [0.29, 0.717) is 5.75 Å². The van der Waals surface area contributed by atoms with Crippen molar-refractivity contribution in [2.24, 2.45) is 0 Å². The highest BCUT2D eigenvalue weighted by Gasteiger charge is 2.20. The van der Waals surface area contributed by atoms with Crippen LogP contribution in [0.2, 0.25) is 0 Å². The third kappa shape index (κ3) is 2.98.